The number of nitrogens with one attached hydrogen (secondary N) is 1. The van der Waals surface area contributed by atoms with Gasteiger partial charge in [-0.15, -0.1) is 0 Å². The van der Waals surface area contributed by atoms with E-state index < -0.39 is 0 Å². The van der Waals surface area contributed by atoms with Gasteiger partial charge < -0.3 is 9.72 Å². The molecular formula is C15H25NO2. The summed E-state index contributed by atoms with van der Waals surface area (Å²) < 4.78 is 5.22. The Balaban J connectivity index is 3.02. The summed E-state index contributed by atoms with van der Waals surface area (Å²) in [4.78, 5) is 14.4. The van der Waals surface area contributed by atoms with E-state index in [9.17, 15) is 4.79 Å². The van der Waals surface area contributed by atoms with Gasteiger partial charge in [-0.3, -0.25) is 4.79 Å². The molecule has 0 spiro atoms. The minimum atomic E-state index is 0.562. The van der Waals surface area contributed by atoms with E-state index in [1.165, 1.54) is 17.5 Å². The SMILES string of the molecule is CCCCc1c(C=O)[nH]c(COC)c1CCCC. The highest BCUT2D eigenvalue weighted by molar-refractivity contribution is 5.76. The molecular weight excluding hydrogens is 226 g/mol. The molecule has 0 saturated heterocycles. The number of ether oxygens (including phenoxy) is 1. The molecule has 18 heavy (non-hydrogen) atoms. The molecule has 0 aliphatic carbocycles. The Kier molecular flexibility index (Phi) is 6.73. The highest BCUT2D eigenvalue weighted by Crippen LogP contribution is 2.23. The lowest BCUT2D eigenvalue weighted by molar-refractivity contribution is 0.111. The van der Waals surface area contributed by atoms with Crippen LogP contribution in [-0.2, 0) is 24.2 Å². The third kappa shape index (κ3) is 3.70. The van der Waals surface area contributed by atoms with Crippen molar-refractivity contribution in [2.45, 2.75) is 59.0 Å². The van der Waals surface area contributed by atoms with Crippen LogP contribution in [0.1, 0.15) is 66.8 Å². The summed E-state index contributed by atoms with van der Waals surface area (Å²) in [5.41, 5.74) is 4.36. The predicted molar refractivity (Wildman–Crippen MR) is 74.1 cm³/mol. The molecule has 1 rings (SSSR count). The monoisotopic (exact) mass is 251 g/mol. The number of H-pyrrole nitrogens is 1. The maximum Gasteiger partial charge on any atom is 0.166 e. The summed E-state index contributed by atoms with van der Waals surface area (Å²) in [6.45, 7) is 4.93. The largest absolute Gasteiger partial charge is 0.378 e. The number of aldehydes is 1. The molecule has 0 radical (unpaired) electrons. The predicted octanol–water partition coefficient (Wildman–Crippen LogP) is 3.66. The molecule has 1 aromatic rings. The molecule has 0 aromatic carbocycles. The first-order chi connectivity index (χ1) is 8.78. The molecule has 1 N–H and O–H groups in total. The van der Waals surface area contributed by atoms with E-state index in [2.05, 4.69) is 18.8 Å². The Morgan fingerprint density at radius 3 is 2.22 bits per heavy atom. The first-order valence-corrected chi connectivity index (χ1v) is 6.95. The maximum absolute atomic E-state index is 11.2. The second-order valence-electron chi connectivity index (χ2n) is 4.73. The van der Waals surface area contributed by atoms with Crippen molar-refractivity contribution in [2.75, 3.05) is 7.11 Å². The van der Waals surface area contributed by atoms with Gasteiger partial charge in [0.15, 0.2) is 6.29 Å². The topological polar surface area (TPSA) is 42.1 Å². The first-order valence-electron chi connectivity index (χ1n) is 6.95. The number of carbonyl (C=O) groups is 1. The van der Waals surface area contributed by atoms with Gasteiger partial charge in [0, 0.05) is 12.8 Å². The summed E-state index contributed by atoms with van der Waals surface area (Å²) in [6.07, 6.45) is 7.58. The number of carbonyl (C=O) groups excluding carboxylic acids is 1. The van der Waals surface area contributed by atoms with Crippen LogP contribution in [0.25, 0.3) is 0 Å². The summed E-state index contributed by atoms with van der Waals surface area (Å²) >= 11 is 0. The van der Waals surface area contributed by atoms with E-state index in [4.69, 9.17) is 4.74 Å². The molecule has 1 heterocycles. The zero-order valence-electron chi connectivity index (χ0n) is 11.8. The minimum absolute atomic E-state index is 0.562. The normalized spacial score (nSPS) is 10.8. The first kappa shape index (κ1) is 15.0. The molecule has 0 aliphatic heterocycles. The van der Waals surface area contributed by atoms with Gasteiger partial charge in [0.05, 0.1) is 12.3 Å². The van der Waals surface area contributed by atoms with Crippen molar-refractivity contribution in [1.82, 2.24) is 4.98 Å². The van der Waals surface area contributed by atoms with E-state index in [1.807, 2.05) is 0 Å². The van der Waals surface area contributed by atoms with Gasteiger partial charge in [-0.1, -0.05) is 26.7 Å². The number of unbranched alkanes of at least 4 members (excludes halogenated alkanes) is 2. The van der Waals surface area contributed by atoms with Crippen molar-refractivity contribution >= 4 is 6.29 Å². The average Bonchev–Trinajstić information content (AvgIpc) is 2.71. The fourth-order valence-corrected chi connectivity index (χ4v) is 2.32. The fourth-order valence-electron chi connectivity index (χ4n) is 2.32. The second kappa shape index (κ2) is 8.09. The number of rotatable bonds is 9. The van der Waals surface area contributed by atoms with Crippen LogP contribution in [0.5, 0.6) is 0 Å². The van der Waals surface area contributed by atoms with Crippen molar-refractivity contribution in [2.24, 2.45) is 0 Å². The molecule has 0 unspecified atom stereocenters. The molecule has 0 atom stereocenters. The summed E-state index contributed by atoms with van der Waals surface area (Å²) in [5.74, 6) is 0. The highest BCUT2D eigenvalue weighted by atomic mass is 16.5. The second-order valence-corrected chi connectivity index (χ2v) is 4.73. The third-order valence-electron chi connectivity index (χ3n) is 3.31. The van der Waals surface area contributed by atoms with Gasteiger partial charge in [0.1, 0.15) is 0 Å². The van der Waals surface area contributed by atoms with Crippen LogP contribution >= 0.6 is 0 Å². The maximum atomic E-state index is 11.2. The molecule has 3 nitrogen and oxygen atoms in total. The summed E-state index contributed by atoms with van der Waals surface area (Å²) in [7, 11) is 1.69. The third-order valence-corrected chi connectivity index (χ3v) is 3.31. The molecule has 0 aliphatic rings. The summed E-state index contributed by atoms with van der Waals surface area (Å²) in [6, 6.07) is 0. The Morgan fingerprint density at radius 1 is 1.11 bits per heavy atom. The highest BCUT2D eigenvalue weighted by Gasteiger charge is 2.15. The summed E-state index contributed by atoms with van der Waals surface area (Å²) in [5, 5.41) is 0. The van der Waals surface area contributed by atoms with Crippen LogP contribution in [0, 0.1) is 0 Å². The zero-order chi connectivity index (χ0) is 13.4. The number of hydrogen-bond acceptors (Lipinski definition) is 2. The van der Waals surface area contributed by atoms with Crippen LogP contribution in [0.2, 0.25) is 0 Å². The van der Waals surface area contributed by atoms with Crippen molar-refractivity contribution in [3.63, 3.8) is 0 Å². The quantitative estimate of drug-likeness (QED) is 0.680. The number of aromatic amines is 1. The van der Waals surface area contributed by atoms with E-state index in [0.717, 1.165) is 49.8 Å². The Labute approximate surface area is 110 Å². The van der Waals surface area contributed by atoms with Crippen LogP contribution < -0.4 is 0 Å². The lowest BCUT2D eigenvalue weighted by Crippen LogP contribution is -1.98. The molecule has 0 fully saturated rings. The molecule has 1 aromatic heterocycles. The lowest BCUT2D eigenvalue weighted by Gasteiger charge is -2.06. The Morgan fingerprint density at radius 2 is 1.72 bits per heavy atom. The van der Waals surface area contributed by atoms with Gasteiger partial charge in [0.25, 0.3) is 0 Å². The van der Waals surface area contributed by atoms with Gasteiger partial charge in [0.2, 0.25) is 0 Å². The van der Waals surface area contributed by atoms with Crippen molar-refractivity contribution in [1.29, 1.82) is 0 Å². The lowest BCUT2D eigenvalue weighted by atomic mass is 9.98. The number of aromatic nitrogens is 1. The van der Waals surface area contributed by atoms with Crippen LogP contribution in [-0.4, -0.2) is 18.4 Å². The molecule has 3 heteroatoms. The minimum Gasteiger partial charge on any atom is -0.378 e. The van der Waals surface area contributed by atoms with Crippen molar-refractivity contribution in [3.05, 3.63) is 22.5 Å². The number of hydrogen-bond donors (Lipinski definition) is 1. The van der Waals surface area contributed by atoms with Crippen LogP contribution in [0.4, 0.5) is 0 Å². The Bertz CT molecular complexity index is 369. The van der Waals surface area contributed by atoms with Crippen molar-refractivity contribution < 1.29 is 9.53 Å². The molecule has 0 bridgehead atoms. The van der Waals surface area contributed by atoms with Gasteiger partial charge in [-0.2, -0.15) is 0 Å². The van der Waals surface area contributed by atoms with Gasteiger partial charge in [-0.25, -0.2) is 0 Å². The van der Waals surface area contributed by atoms with E-state index in [-0.39, 0.29) is 0 Å². The fraction of sp³-hybridized carbons (Fsp3) is 0.667. The van der Waals surface area contributed by atoms with E-state index in [0.29, 0.717) is 6.61 Å². The standard InChI is InChI=1S/C15H25NO2/c1-4-6-8-12-13(9-7-5-2)15(11-18-3)16-14(12)10-17/h10,16H,4-9,11H2,1-3H3. The zero-order valence-corrected chi connectivity index (χ0v) is 11.8. The number of methoxy groups -OCH3 is 1. The van der Waals surface area contributed by atoms with Gasteiger partial charge >= 0.3 is 0 Å². The van der Waals surface area contributed by atoms with Crippen LogP contribution in [0.3, 0.4) is 0 Å². The Hall–Kier alpha value is -1.09. The van der Waals surface area contributed by atoms with Crippen molar-refractivity contribution in [3.8, 4) is 0 Å². The van der Waals surface area contributed by atoms with E-state index in [1.54, 1.807) is 7.11 Å². The van der Waals surface area contributed by atoms with Gasteiger partial charge in [-0.05, 0) is 36.8 Å². The molecule has 0 amide bonds. The average molecular weight is 251 g/mol. The molecule has 0 saturated carbocycles. The van der Waals surface area contributed by atoms with E-state index >= 15 is 0 Å². The van der Waals surface area contributed by atoms with Crippen LogP contribution in [0.15, 0.2) is 0 Å². The smallest absolute Gasteiger partial charge is 0.166 e. The molecule has 102 valence electrons.